The zero-order valence-corrected chi connectivity index (χ0v) is 19.6. The Kier molecular flexibility index (Phi) is 6.49. The lowest BCUT2D eigenvalue weighted by Crippen LogP contribution is -2.52. The number of halogens is 1. The van der Waals surface area contributed by atoms with Crippen LogP contribution in [-0.2, 0) is 0 Å². The van der Waals surface area contributed by atoms with Crippen molar-refractivity contribution in [3.05, 3.63) is 40.4 Å². The smallest absolute Gasteiger partial charge is 0.138 e. The quantitative estimate of drug-likeness (QED) is 0.556. The van der Waals surface area contributed by atoms with Crippen LogP contribution in [0.2, 0.25) is 0 Å². The number of hydrogen-bond donors (Lipinski definition) is 1. The van der Waals surface area contributed by atoms with Crippen molar-refractivity contribution in [2.24, 2.45) is 5.92 Å². The van der Waals surface area contributed by atoms with E-state index in [4.69, 9.17) is 0 Å². The molecule has 1 aliphatic rings. The number of piperazine rings is 1. The number of aromatic nitrogens is 2. The molecule has 0 unspecified atom stereocenters. The number of hydrogen-bond acceptors (Lipinski definition) is 6. The average molecular weight is 474 g/mol. The monoisotopic (exact) mass is 473 g/mol. The molecule has 29 heavy (non-hydrogen) atoms. The molecule has 0 amide bonds. The van der Waals surface area contributed by atoms with Gasteiger partial charge < -0.3 is 10.2 Å². The van der Waals surface area contributed by atoms with Gasteiger partial charge in [-0.15, -0.1) is 11.3 Å². The van der Waals surface area contributed by atoms with Gasteiger partial charge in [0.2, 0.25) is 0 Å². The zero-order chi connectivity index (χ0) is 20.4. The van der Waals surface area contributed by atoms with Crippen LogP contribution in [0.25, 0.3) is 21.3 Å². The first-order valence-corrected chi connectivity index (χ1v) is 11.8. The van der Waals surface area contributed by atoms with Crippen molar-refractivity contribution in [3.63, 3.8) is 0 Å². The van der Waals surface area contributed by atoms with Gasteiger partial charge in [0.25, 0.3) is 0 Å². The molecule has 0 radical (unpaired) electrons. The fourth-order valence-corrected chi connectivity index (χ4v) is 5.17. The van der Waals surface area contributed by atoms with Crippen LogP contribution in [0.15, 0.2) is 40.4 Å². The Balaban J connectivity index is 1.58. The molecule has 7 heteroatoms. The topological polar surface area (TPSA) is 44.3 Å². The lowest BCUT2D eigenvalue weighted by Gasteiger charge is -2.40. The van der Waals surface area contributed by atoms with E-state index in [0.717, 1.165) is 53.2 Å². The molecule has 1 atom stereocenters. The second-order valence-electron chi connectivity index (χ2n) is 8.09. The van der Waals surface area contributed by atoms with E-state index in [1.54, 1.807) is 17.7 Å². The van der Waals surface area contributed by atoms with Crippen molar-refractivity contribution in [2.75, 3.05) is 45.1 Å². The number of nitrogens with zero attached hydrogens (tertiary/aromatic N) is 4. The normalized spacial score (nSPS) is 17.1. The Hall–Kier alpha value is -1.54. The second kappa shape index (κ2) is 9.08. The number of benzene rings is 1. The third-order valence-electron chi connectivity index (χ3n) is 5.78. The lowest BCUT2D eigenvalue weighted by atomic mass is 10.0. The largest absolute Gasteiger partial charge is 0.368 e. The van der Waals surface area contributed by atoms with Gasteiger partial charge in [0.05, 0.1) is 5.39 Å². The Labute approximate surface area is 185 Å². The van der Waals surface area contributed by atoms with Gasteiger partial charge in [-0.2, -0.15) is 0 Å². The predicted octanol–water partition coefficient (Wildman–Crippen LogP) is 4.80. The maximum atomic E-state index is 4.62. The van der Waals surface area contributed by atoms with Crippen LogP contribution in [0.5, 0.6) is 0 Å². The highest BCUT2D eigenvalue weighted by Crippen LogP contribution is 2.37. The van der Waals surface area contributed by atoms with Gasteiger partial charge in [0.1, 0.15) is 17.0 Å². The molecular weight excluding hydrogens is 446 g/mol. The van der Waals surface area contributed by atoms with Crippen LogP contribution in [0, 0.1) is 5.92 Å². The SMILES string of the molecule is CC(C)[C@@H](CNc1ncnc2scc(-c3ccc(Br)cc3)c12)N1CCN(C)CC1. The molecule has 0 spiro atoms. The number of nitrogens with one attached hydrogen (secondary N) is 1. The molecule has 1 fully saturated rings. The van der Waals surface area contributed by atoms with Crippen molar-refractivity contribution < 1.29 is 0 Å². The molecule has 1 aromatic carbocycles. The summed E-state index contributed by atoms with van der Waals surface area (Å²) in [5.41, 5.74) is 2.39. The highest BCUT2D eigenvalue weighted by Gasteiger charge is 2.25. The molecule has 0 saturated carbocycles. The molecule has 0 bridgehead atoms. The molecule has 2 aromatic heterocycles. The van der Waals surface area contributed by atoms with Crippen molar-refractivity contribution >= 4 is 43.3 Å². The fourth-order valence-electron chi connectivity index (χ4n) is 3.99. The van der Waals surface area contributed by atoms with Gasteiger partial charge in [-0.25, -0.2) is 9.97 Å². The van der Waals surface area contributed by atoms with Gasteiger partial charge in [-0.1, -0.05) is 41.9 Å². The van der Waals surface area contributed by atoms with Crippen molar-refractivity contribution in [1.82, 2.24) is 19.8 Å². The average Bonchev–Trinajstić information content (AvgIpc) is 3.15. The highest BCUT2D eigenvalue weighted by atomic mass is 79.9. The molecule has 5 nitrogen and oxygen atoms in total. The predicted molar refractivity (Wildman–Crippen MR) is 127 cm³/mol. The summed E-state index contributed by atoms with van der Waals surface area (Å²) >= 11 is 5.20. The third kappa shape index (κ3) is 4.63. The van der Waals surface area contributed by atoms with Crippen molar-refractivity contribution in [3.8, 4) is 11.1 Å². The molecule has 4 rings (SSSR count). The van der Waals surface area contributed by atoms with E-state index in [1.165, 1.54) is 11.1 Å². The first kappa shape index (κ1) is 20.7. The van der Waals surface area contributed by atoms with Gasteiger partial charge >= 0.3 is 0 Å². The minimum Gasteiger partial charge on any atom is -0.368 e. The maximum absolute atomic E-state index is 4.62. The second-order valence-corrected chi connectivity index (χ2v) is 9.86. The summed E-state index contributed by atoms with van der Waals surface area (Å²) in [4.78, 5) is 15.2. The van der Waals surface area contributed by atoms with E-state index in [0.29, 0.717) is 12.0 Å². The van der Waals surface area contributed by atoms with Gasteiger partial charge in [-0.3, -0.25) is 4.90 Å². The summed E-state index contributed by atoms with van der Waals surface area (Å²) in [5.74, 6) is 1.52. The summed E-state index contributed by atoms with van der Waals surface area (Å²) in [5, 5.41) is 6.99. The van der Waals surface area contributed by atoms with E-state index in [-0.39, 0.29) is 0 Å². The van der Waals surface area contributed by atoms with Gasteiger partial charge in [-0.05, 0) is 30.7 Å². The number of anilines is 1. The van der Waals surface area contributed by atoms with E-state index >= 15 is 0 Å². The first-order chi connectivity index (χ1) is 14.0. The molecule has 1 saturated heterocycles. The Morgan fingerprint density at radius 3 is 2.52 bits per heavy atom. The van der Waals surface area contributed by atoms with Crippen LogP contribution in [-0.4, -0.2) is 65.6 Å². The van der Waals surface area contributed by atoms with Crippen LogP contribution in [0.1, 0.15) is 13.8 Å². The van der Waals surface area contributed by atoms with E-state index in [1.807, 2.05) is 0 Å². The summed E-state index contributed by atoms with van der Waals surface area (Å²) in [6.07, 6.45) is 1.67. The number of likely N-dealkylation sites (N-methyl/N-ethyl adjacent to an activating group) is 1. The molecule has 0 aliphatic carbocycles. The third-order valence-corrected chi connectivity index (χ3v) is 7.20. The Bertz CT molecular complexity index is 947. The maximum Gasteiger partial charge on any atom is 0.138 e. The van der Waals surface area contributed by atoms with E-state index in [9.17, 15) is 0 Å². The van der Waals surface area contributed by atoms with Crippen molar-refractivity contribution in [2.45, 2.75) is 19.9 Å². The summed E-state index contributed by atoms with van der Waals surface area (Å²) in [7, 11) is 2.21. The van der Waals surface area contributed by atoms with E-state index < -0.39 is 0 Å². The molecule has 154 valence electrons. The van der Waals surface area contributed by atoms with Gasteiger partial charge in [0.15, 0.2) is 0 Å². The first-order valence-electron chi connectivity index (χ1n) is 10.2. The van der Waals surface area contributed by atoms with Gasteiger partial charge in [0, 0.05) is 54.2 Å². The minimum atomic E-state index is 0.489. The van der Waals surface area contributed by atoms with Crippen molar-refractivity contribution in [1.29, 1.82) is 0 Å². The Morgan fingerprint density at radius 1 is 1.10 bits per heavy atom. The van der Waals surface area contributed by atoms with Crippen LogP contribution in [0.3, 0.4) is 0 Å². The molecular formula is C22H28BrN5S. The number of fused-ring (bicyclic) bond motifs is 1. The van der Waals surface area contributed by atoms with Crippen LogP contribution in [0.4, 0.5) is 5.82 Å². The lowest BCUT2D eigenvalue weighted by molar-refractivity contribution is 0.0944. The summed E-state index contributed by atoms with van der Waals surface area (Å²) in [6.45, 7) is 10.1. The molecule has 1 aliphatic heterocycles. The molecule has 3 aromatic rings. The highest BCUT2D eigenvalue weighted by molar-refractivity contribution is 9.10. The number of thiophene rings is 1. The Morgan fingerprint density at radius 2 is 1.83 bits per heavy atom. The number of rotatable bonds is 6. The standard InChI is InChI=1S/C22H28BrN5S/c1-15(2)19(28-10-8-27(3)9-11-28)12-24-21-20-18(13-29-22(20)26-14-25-21)16-4-6-17(23)7-5-16/h4-7,13-15,19H,8-12H2,1-3H3,(H,24,25,26)/t19-/m1/s1. The fraction of sp³-hybridized carbons (Fsp3) is 0.455. The van der Waals surface area contributed by atoms with E-state index in [2.05, 4.69) is 91.6 Å². The summed E-state index contributed by atoms with van der Waals surface area (Å²) in [6, 6.07) is 8.94. The zero-order valence-electron chi connectivity index (χ0n) is 17.2. The molecule has 1 N–H and O–H groups in total. The molecule has 3 heterocycles. The van der Waals surface area contributed by atoms with Crippen LogP contribution >= 0.6 is 27.3 Å². The minimum absolute atomic E-state index is 0.489. The summed E-state index contributed by atoms with van der Waals surface area (Å²) < 4.78 is 1.09. The van der Waals surface area contributed by atoms with Crippen LogP contribution < -0.4 is 5.32 Å².